The average Bonchev–Trinajstić information content (AvgIpc) is 3.42. The van der Waals surface area contributed by atoms with Gasteiger partial charge in [-0.25, -0.2) is 13.2 Å². The summed E-state index contributed by atoms with van der Waals surface area (Å²) in [5, 5.41) is 2.01. The number of rotatable bonds is 10. The molecule has 176 valence electrons. The van der Waals surface area contributed by atoms with Gasteiger partial charge in [-0.05, 0) is 55.6 Å². The Labute approximate surface area is 198 Å². The van der Waals surface area contributed by atoms with Crippen molar-refractivity contribution in [2.45, 2.75) is 39.1 Å². The molecule has 1 aromatic carbocycles. The molecule has 2 heterocycles. The molecular weight excluding hydrogens is 460 g/mol. The maximum Gasteiger partial charge on any atom is 0.338 e. The smallest absolute Gasteiger partial charge is 0.338 e. The van der Waals surface area contributed by atoms with E-state index in [9.17, 15) is 18.0 Å². The highest BCUT2D eigenvalue weighted by Crippen LogP contribution is 2.20. The molecule has 0 aliphatic carbocycles. The number of nitrogens with zero attached hydrogens (tertiary/aromatic N) is 2. The summed E-state index contributed by atoms with van der Waals surface area (Å²) in [7, 11) is -3.61. The average molecular weight is 489 g/mol. The Bertz CT molecular complexity index is 1220. The number of ketones is 1. The van der Waals surface area contributed by atoms with E-state index < -0.39 is 16.0 Å². The third-order valence-electron chi connectivity index (χ3n) is 5.54. The Morgan fingerprint density at radius 1 is 1.06 bits per heavy atom. The van der Waals surface area contributed by atoms with Crippen LogP contribution >= 0.6 is 11.3 Å². The zero-order chi connectivity index (χ0) is 24.2. The molecule has 0 saturated heterocycles. The molecule has 0 fully saturated rings. The largest absolute Gasteiger partial charge is 0.454 e. The van der Waals surface area contributed by atoms with E-state index in [1.807, 2.05) is 37.4 Å². The van der Waals surface area contributed by atoms with Gasteiger partial charge in [0, 0.05) is 34.9 Å². The lowest BCUT2D eigenvalue weighted by Gasteiger charge is -2.18. The number of benzene rings is 1. The number of carbonyl (C=O) groups is 2. The number of aryl methyl sites for hydroxylation is 1. The lowest BCUT2D eigenvalue weighted by Crippen LogP contribution is -2.30. The minimum Gasteiger partial charge on any atom is -0.454 e. The SMILES string of the molecule is CCN(CC)S(=O)(=O)c1ccc(C(=O)OCC(=O)c2cc(C)n(Cc3cccs3)c2C)cc1. The number of sulfonamides is 1. The van der Waals surface area contributed by atoms with Crippen LogP contribution in [0.25, 0.3) is 0 Å². The van der Waals surface area contributed by atoms with Crippen LogP contribution < -0.4 is 0 Å². The van der Waals surface area contributed by atoms with Gasteiger partial charge in [-0.3, -0.25) is 4.79 Å². The van der Waals surface area contributed by atoms with E-state index in [1.54, 1.807) is 25.2 Å². The van der Waals surface area contributed by atoms with Gasteiger partial charge in [-0.15, -0.1) is 11.3 Å². The highest BCUT2D eigenvalue weighted by molar-refractivity contribution is 7.89. The first-order chi connectivity index (χ1) is 15.7. The van der Waals surface area contributed by atoms with Crippen LogP contribution in [0.2, 0.25) is 0 Å². The lowest BCUT2D eigenvalue weighted by atomic mass is 10.1. The molecule has 0 saturated carbocycles. The molecule has 0 radical (unpaired) electrons. The quantitative estimate of drug-likeness (QED) is 0.314. The predicted octanol–water partition coefficient (Wildman–Crippen LogP) is 4.28. The second-order valence-electron chi connectivity index (χ2n) is 7.56. The summed E-state index contributed by atoms with van der Waals surface area (Å²) in [6.07, 6.45) is 0. The second kappa shape index (κ2) is 10.5. The number of thiophene rings is 1. The van der Waals surface area contributed by atoms with Crippen molar-refractivity contribution < 1.29 is 22.7 Å². The van der Waals surface area contributed by atoms with Gasteiger partial charge in [0.2, 0.25) is 15.8 Å². The van der Waals surface area contributed by atoms with Crippen LogP contribution in [0.5, 0.6) is 0 Å². The van der Waals surface area contributed by atoms with Crippen molar-refractivity contribution in [1.82, 2.24) is 8.87 Å². The van der Waals surface area contributed by atoms with Crippen LogP contribution in [-0.4, -0.2) is 48.7 Å². The summed E-state index contributed by atoms with van der Waals surface area (Å²) >= 11 is 1.66. The fourth-order valence-electron chi connectivity index (χ4n) is 3.65. The first-order valence-electron chi connectivity index (χ1n) is 10.7. The molecule has 33 heavy (non-hydrogen) atoms. The summed E-state index contributed by atoms with van der Waals surface area (Å²) in [5.41, 5.74) is 2.50. The monoisotopic (exact) mass is 488 g/mol. The first-order valence-corrected chi connectivity index (χ1v) is 13.0. The zero-order valence-corrected chi connectivity index (χ0v) is 20.8. The summed E-state index contributed by atoms with van der Waals surface area (Å²) in [5.74, 6) is -0.961. The Morgan fingerprint density at radius 2 is 1.73 bits per heavy atom. The van der Waals surface area contributed by atoms with E-state index in [1.165, 1.54) is 33.4 Å². The highest BCUT2D eigenvalue weighted by atomic mass is 32.2. The van der Waals surface area contributed by atoms with Crippen LogP contribution in [0.1, 0.15) is 50.8 Å². The number of Topliss-reactive ketones (excluding diaryl/α,β-unsaturated/α-hetero) is 1. The van der Waals surface area contributed by atoms with E-state index in [0.717, 1.165) is 11.4 Å². The molecule has 3 aromatic rings. The van der Waals surface area contributed by atoms with E-state index in [-0.39, 0.29) is 22.8 Å². The Balaban J connectivity index is 1.66. The van der Waals surface area contributed by atoms with Gasteiger partial charge in [0.1, 0.15) is 0 Å². The zero-order valence-electron chi connectivity index (χ0n) is 19.2. The molecule has 0 bridgehead atoms. The number of aromatic nitrogens is 1. The van der Waals surface area contributed by atoms with Gasteiger partial charge in [0.15, 0.2) is 6.61 Å². The molecule has 7 nitrogen and oxygen atoms in total. The predicted molar refractivity (Wildman–Crippen MR) is 128 cm³/mol. The van der Waals surface area contributed by atoms with Crippen LogP contribution in [0.15, 0.2) is 52.7 Å². The summed E-state index contributed by atoms with van der Waals surface area (Å²) in [6.45, 7) is 8.37. The van der Waals surface area contributed by atoms with Crippen molar-refractivity contribution in [2.75, 3.05) is 19.7 Å². The molecular formula is C24H28N2O5S2. The number of hydrogen-bond acceptors (Lipinski definition) is 6. The van der Waals surface area contributed by atoms with Crippen molar-refractivity contribution in [3.05, 3.63) is 75.2 Å². The van der Waals surface area contributed by atoms with Gasteiger partial charge in [0.05, 0.1) is 17.0 Å². The van der Waals surface area contributed by atoms with Crippen molar-refractivity contribution in [3.8, 4) is 0 Å². The minimum atomic E-state index is -3.61. The topological polar surface area (TPSA) is 85.7 Å². The maximum atomic E-state index is 12.7. The molecule has 0 N–H and O–H groups in total. The van der Waals surface area contributed by atoms with E-state index in [2.05, 4.69) is 4.57 Å². The van der Waals surface area contributed by atoms with Gasteiger partial charge in [0.25, 0.3) is 0 Å². The van der Waals surface area contributed by atoms with Gasteiger partial charge >= 0.3 is 5.97 Å². The molecule has 0 spiro atoms. The highest BCUT2D eigenvalue weighted by Gasteiger charge is 2.22. The van der Waals surface area contributed by atoms with Gasteiger partial charge < -0.3 is 9.30 Å². The standard InChI is InChI=1S/C24H28N2O5S2/c1-5-25(6-2)33(29,30)21-11-9-19(10-12-21)24(28)31-16-23(27)22-14-17(3)26(18(22)4)15-20-8-7-13-32-20/h7-14H,5-6,15-16H2,1-4H3. The third-order valence-corrected chi connectivity index (χ3v) is 8.46. The molecule has 0 aliphatic rings. The van der Waals surface area contributed by atoms with Crippen LogP contribution in [0.3, 0.4) is 0 Å². The Hall–Kier alpha value is -2.75. The summed E-state index contributed by atoms with van der Waals surface area (Å²) < 4.78 is 33.8. The van der Waals surface area contributed by atoms with Crippen LogP contribution in [0.4, 0.5) is 0 Å². The first kappa shape index (κ1) is 24.9. The Kier molecular flexibility index (Phi) is 7.88. The van der Waals surface area contributed by atoms with Gasteiger partial charge in [-0.1, -0.05) is 19.9 Å². The van der Waals surface area contributed by atoms with Crippen molar-refractivity contribution in [1.29, 1.82) is 0 Å². The lowest BCUT2D eigenvalue weighted by molar-refractivity contribution is 0.0474. The maximum absolute atomic E-state index is 12.7. The molecule has 9 heteroatoms. The summed E-state index contributed by atoms with van der Waals surface area (Å²) in [6, 6.07) is 11.4. The van der Waals surface area contributed by atoms with E-state index in [4.69, 9.17) is 4.74 Å². The number of hydrogen-bond donors (Lipinski definition) is 0. The van der Waals surface area contributed by atoms with Crippen LogP contribution in [0, 0.1) is 13.8 Å². The molecule has 0 aliphatic heterocycles. The molecule has 0 amide bonds. The number of ether oxygens (including phenoxy) is 1. The van der Waals surface area contributed by atoms with Crippen molar-refractivity contribution >= 4 is 33.1 Å². The van der Waals surface area contributed by atoms with Crippen molar-refractivity contribution in [3.63, 3.8) is 0 Å². The summed E-state index contributed by atoms with van der Waals surface area (Å²) in [4.78, 5) is 26.4. The van der Waals surface area contributed by atoms with Crippen molar-refractivity contribution in [2.24, 2.45) is 0 Å². The Morgan fingerprint density at radius 3 is 2.30 bits per heavy atom. The molecule has 3 rings (SSSR count). The second-order valence-corrected chi connectivity index (χ2v) is 10.5. The minimum absolute atomic E-state index is 0.108. The van der Waals surface area contributed by atoms with Gasteiger partial charge in [-0.2, -0.15) is 4.31 Å². The number of esters is 1. The number of carbonyl (C=O) groups excluding carboxylic acids is 2. The van der Waals surface area contributed by atoms with E-state index >= 15 is 0 Å². The molecule has 0 atom stereocenters. The normalized spacial score (nSPS) is 11.7. The fraction of sp³-hybridized carbons (Fsp3) is 0.333. The molecule has 2 aromatic heterocycles. The fourth-order valence-corrected chi connectivity index (χ4v) is 5.80. The van der Waals surface area contributed by atoms with Crippen LogP contribution in [-0.2, 0) is 21.3 Å². The molecule has 0 unspecified atom stereocenters. The third kappa shape index (κ3) is 5.43. The van der Waals surface area contributed by atoms with E-state index in [0.29, 0.717) is 25.2 Å².